The summed E-state index contributed by atoms with van der Waals surface area (Å²) < 4.78 is 13.3. The fourth-order valence-electron chi connectivity index (χ4n) is 1.48. The lowest BCUT2D eigenvalue weighted by atomic mass is 10.2. The molecule has 0 aliphatic carbocycles. The average molecular weight is 233 g/mol. The first kappa shape index (κ1) is 11.3. The molecule has 0 saturated carbocycles. The Labute approximate surface area is 97.4 Å². The van der Waals surface area contributed by atoms with E-state index in [0.717, 1.165) is 11.8 Å². The summed E-state index contributed by atoms with van der Waals surface area (Å²) in [4.78, 5) is 6.53. The Bertz CT molecular complexity index is 534. The van der Waals surface area contributed by atoms with Crippen LogP contribution in [0.4, 0.5) is 10.1 Å². The van der Waals surface area contributed by atoms with Crippen LogP contribution in [-0.4, -0.2) is 15.8 Å². The van der Waals surface area contributed by atoms with Gasteiger partial charge in [-0.2, -0.15) is 0 Å². The molecule has 2 aromatic rings. The van der Waals surface area contributed by atoms with Crippen molar-refractivity contribution in [2.45, 2.75) is 6.54 Å². The van der Waals surface area contributed by atoms with Crippen LogP contribution >= 0.6 is 0 Å². The van der Waals surface area contributed by atoms with Gasteiger partial charge in [-0.25, -0.2) is 4.39 Å². The molecule has 2 aromatic heterocycles. The summed E-state index contributed by atoms with van der Waals surface area (Å²) in [5.41, 5.74) is 7.10. The minimum atomic E-state index is -0.502. The van der Waals surface area contributed by atoms with Crippen LogP contribution in [-0.2, 0) is 6.54 Å². The smallest absolute Gasteiger partial charge is 0.164 e. The van der Waals surface area contributed by atoms with Crippen LogP contribution in [0.5, 0.6) is 0 Å². The molecule has 0 fully saturated rings. The molecule has 17 heavy (non-hydrogen) atoms. The van der Waals surface area contributed by atoms with Gasteiger partial charge in [0, 0.05) is 18.9 Å². The molecule has 0 amide bonds. The highest BCUT2D eigenvalue weighted by molar-refractivity contribution is 6.05. The van der Waals surface area contributed by atoms with Crippen molar-refractivity contribution in [3.8, 4) is 0 Å². The molecule has 0 aromatic carbocycles. The third-order valence-corrected chi connectivity index (χ3v) is 2.34. The molecule has 88 valence electrons. The standard InChI is InChI=1S/C11H12FN5/c12-8-6-15-3-2-9(8)17-11(14)10-7(5-13)1-4-16-10/h1-4,6,16H,5,13H2,(H2,14,15,17). The number of anilines is 1. The van der Waals surface area contributed by atoms with Gasteiger partial charge in [-0.05, 0) is 17.7 Å². The van der Waals surface area contributed by atoms with Crippen molar-refractivity contribution in [1.82, 2.24) is 9.97 Å². The van der Waals surface area contributed by atoms with Crippen LogP contribution in [0.15, 0.2) is 30.7 Å². The molecule has 5 N–H and O–H groups in total. The number of nitrogens with one attached hydrogen (secondary N) is 3. The molecule has 6 heteroatoms. The van der Waals surface area contributed by atoms with Gasteiger partial charge in [-0.15, -0.1) is 0 Å². The maximum Gasteiger partial charge on any atom is 0.164 e. The van der Waals surface area contributed by atoms with Crippen molar-refractivity contribution in [3.05, 3.63) is 47.8 Å². The zero-order valence-corrected chi connectivity index (χ0v) is 9.00. The van der Waals surface area contributed by atoms with E-state index in [-0.39, 0.29) is 11.5 Å². The number of H-pyrrole nitrogens is 1. The van der Waals surface area contributed by atoms with Crippen LogP contribution in [0.25, 0.3) is 0 Å². The van der Waals surface area contributed by atoms with Crippen molar-refractivity contribution in [2.75, 3.05) is 5.32 Å². The summed E-state index contributed by atoms with van der Waals surface area (Å²) in [6.45, 7) is 0.321. The van der Waals surface area contributed by atoms with E-state index >= 15 is 0 Å². The number of rotatable bonds is 3. The zero-order chi connectivity index (χ0) is 12.3. The van der Waals surface area contributed by atoms with Crippen LogP contribution in [0.3, 0.4) is 0 Å². The van der Waals surface area contributed by atoms with E-state index in [1.807, 2.05) is 0 Å². The molecule has 2 rings (SSSR count). The van der Waals surface area contributed by atoms with Crippen molar-refractivity contribution < 1.29 is 4.39 Å². The Morgan fingerprint density at radius 2 is 2.35 bits per heavy atom. The minimum Gasteiger partial charge on any atom is -0.358 e. The maximum atomic E-state index is 13.3. The van der Waals surface area contributed by atoms with Gasteiger partial charge in [0.15, 0.2) is 5.82 Å². The van der Waals surface area contributed by atoms with Gasteiger partial charge < -0.3 is 16.0 Å². The van der Waals surface area contributed by atoms with E-state index in [9.17, 15) is 4.39 Å². The molecule has 0 bridgehead atoms. The molecule has 0 spiro atoms. The Kier molecular flexibility index (Phi) is 3.15. The highest BCUT2D eigenvalue weighted by Crippen LogP contribution is 2.13. The SMILES string of the molecule is N=C(Nc1ccncc1F)c1[nH]ccc1CN. The van der Waals surface area contributed by atoms with Gasteiger partial charge in [-0.3, -0.25) is 10.4 Å². The molecule has 0 atom stereocenters. The first-order valence-electron chi connectivity index (χ1n) is 5.04. The van der Waals surface area contributed by atoms with Crippen molar-refractivity contribution in [2.24, 2.45) is 5.73 Å². The number of aromatic nitrogens is 2. The van der Waals surface area contributed by atoms with Gasteiger partial charge in [-0.1, -0.05) is 0 Å². The molecule has 0 aliphatic heterocycles. The molecule has 5 nitrogen and oxygen atoms in total. The monoisotopic (exact) mass is 233 g/mol. The number of amidine groups is 1. The van der Waals surface area contributed by atoms with E-state index in [4.69, 9.17) is 11.1 Å². The third kappa shape index (κ3) is 2.31. The minimum absolute atomic E-state index is 0.0700. The van der Waals surface area contributed by atoms with E-state index in [0.29, 0.717) is 12.2 Å². The molecule has 0 unspecified atom stereocenters. The topological polar surface area (TPSA) is 90.6 Å². The fourth-order valence-corrected chi connectivity index (χ4v) is 1.48. The fraction of sp³-hybridized carbons (Fsp3) is 0.0909. The number of nitrogens with zero attached hydrogens (tertiary/aromatic N) is 1. The van der Waals surface area contributed by atoms with Crippen LogP contribution in [0.1, 0.15) is 11.3 Å². The molecule has 2 heterocycles. The molecule has 0 radical (unpaired) electrons. The summed E-state index contributed by atoms with van der Waals surface area (Å²) in [7, 11) is 0. The molecule has 0 saturated heterocycles. The summed E-state index contributed by atoms with van der Waals surface area (Å²) in [5, 5.41) is 10.5. The maximum absolute atomic E-state index is 13.3. The number of hydrogen-bond acceptors (Lipinski definition) is 3. The Morgan fingerprint density at radius 1 is 1.53 bits per heavy atom. The lowest BCUT2D eigenvalue weighted by Crippen LogP contribution is -2.16. The first-order valence-corrected chi connectivity index (χ1v) is 5.04. The second-order valence-electron chi connectivity index (χ2n) is 3.44. The number of nitrogens with two attached hydrogens (primary N) is 1. The van der Waals surface area contributed by atoms with Gasteiger partial charge in [0.1, 0.15) is 5.84 Å². The zero-order valence-electron chi connectivity index (χ0n) is 9.00. The number of halogens is 1. The Morgan fingerprint density at radius 3 is 3.06 bits per heavy atom. The second-order valence-corrected chi connectivity index (χ2v) is 3.44. The normalized spacial score (nSPS) is 10.2. The highest BCUT2D eigenvalue weighted by atomic mass is 19.1. The summed E-state index contributed by atoms with van der Waals surface area (Å²) in [6, 6.07) is 3.25. The summed E-state index contributed by atoms with van der Waals surface area (Å²) in [5.74, 6) is -0.432. The molecule has 0 aliphatic rings. The number of hydrogen-bond donors (Lipinski definition) is 4. The molecular formula is C11H12FN5. The van der Waals surface area contributed by atoms with Gasteiger partial charge in [0.2, 0.25) is 0 Å². The van der Waals surface area contributed by atoms with Crippen molar-refractivity contribution >= 4 is 11.5 Å². The first-order chi connectivity index (χ1) is 8.22. The lowest BCUT2D eigenvalue weighted by Gasteiger charge is -2.08. The molecular weight excluding hydrogens is 221 g/mol. The van der Waals surface area contributed by atoms with Crippen LogP contribution in [0.2, 0.25) is 0 Å². The van der Waals surface area contributed by atoms with E-state index in [1.165, 1.54) is 12.3 Å². The Hall–Kier alpha value is -2.21. The van der Waals surface area contributed by atoms with Gasteiger partial charge >= 0.3 is 0 Å². The van der Waals surface area contributed by atoms with Gasteiger partial charge in [0.25, 0.3) is 0 Å². The van der Waals surface area contributed by atoms with E-state index in [2.05, 4.69) is 15.3 Å². The summed E-state index contributed by atoms with van der Waals surface area (Å²) in [6.07, 6.45) is 4.24. The average Bonchev–Trinajstić information content (AvgIpc) is 2.80. The quantitative estimate of drug-likeness (QED) is 0.477. The lowest BCUT2D eigenvalue weighted by molar-refractivity contribution is 0.626. The van der Waals surface area contributed by atoms with E-state index in [1.54, 1.807) is 12.3 Å². The van der Waals surface area contributed by atoms with Gasteiger partial charge in [0.05, 0.1) is 17.6 Å². The largest absolute Gasteiger partial charge is 0.358 e. The van der Waals surface area contributed by atoms with Crippen molar-refractivity contribution in [1.29, 1.82) is 5.41 Å². The number of pyridine rings is 1. The Balaban J connectivity index is 2.20. The van der Waals surface area contributed by atoms with Crippen LogP contribution in [0, 0.1) is 11.2 Å². The predicted molar refractivity (Wildman–Crippen MR) is 63.3 cm³/mol. The van der Waals surface area contributed by atoms with Crippen molar-refractivity contribution in [3.63, 3.8) is 0 Å². The van der Waals surface area contributed by atoms with E-state index < -0.39 is 5.82 Å². The third-order valence-electron chi connectivity index (χ3n) is 2.34. The predicted octanol–water partition coefficient (Wildman–Crippen LogP) is 1.44. The highest BCUT2D eigenvalue weighted by Gasteiger charge is 2.10. The number of aromatic amines is 1. The second kappa shape index (κ2) is 4.75. The summed E-state index contributed by atoms with van der Waals surface area (Å²) >= 11 is 0. The van der Waals surface area contributed by atoms with Crippen LogP contribution < -0.4 is 11.1 Å².